The van der Waals surface area contributed by atoms with E-state index >= 15 is 0 Å². The van der Waals surface area contributed by atoms with E-state index < -0.39 is 0 Å². The van der Waals surface area contributed by atoms with Gasteiger partial charge in [-0.15, -0.1) is 5.10 Å². The van der Waals surface area contributed by atoms with Crippen LogP contribution in [0.2, 0.25) is 0 Å². The molecule has 5 heteroatoms. The number of rotatable bonds is 3. The van der Waals surface area contributed by atoms with Gasteiger partial charge in [-0.3, -0.25) is 0 Å². The Hall–Kier alpha value is -1.10. The summed E-state index contributed by atoms with van der Waals surface area (Å²) >= 11 is 0. The van der Waals surface area contributed by atoms with Gasteiger partial charge in [-0.1, -0.05) is 18.4 Å². The minimum Gasteiger partial charge on any atom is -0.406 e. The fraction of sp³-hybridized carbons (Fsp3) is 0.800. The van der Waals surface area contributed by atoms with E-state index in [1.165, 1.54) is 12.8 Å². The number of hydrogen-bond acceptors (Lipinski definition) is 5. The Morgan fingerprint density at radius 3 is 2.93 bits per heavy atom. The van der Waals surface area contributed by atoms with Crippen LogP contribution >= 0.6 is 0 Å². The molecule has 0 aromatic carbocycles. The van der Waals surface area contributed by atoms with Crippen molar-refractivity contribution >= 4 is 6.01 Å². The van der Waals surface area contributed by atoms with Crippen LogP contribution in [0.4, 0.5) is 6.01 Å². The van der Waals surface area contributed by atoms with Gasteiger partial charge >= 0.3 is 6.01 Å². The van der Waals surface area contributed by atoms with Crippen LogP contribution in [0.15, 0.2) is 4.42 Å². The first-order chi connectivity index (χ1) is 7.20. The van der Waals surface area contributed by atoms with Gasteiger partial charge in [0.05, 0.1) is 6.04 Å². The Labute approximate surface area is 89.6 Å². The van der Waals surface area contributed by atoms with E-state index in [1.807, 2.05) is 6.92 Å². The molecule has 2 atom stereocenters. The maximum atomic E-state index is 5.66. The van der Waals surface area contributed by atoms with Gasteiger partial charge in [0.2, 0.25) is 5.89 Å². The Kier molecular flexibility index (Phi) is 2.90. The highest BCUT2D eigenvalue weighted by Crippen LogP contribution is 2.25. The van der Waals surface area contributed by atoms with Crippen LogP contribution in [-0.2, 0) is 0 Å². The van der Waals surface area contributed by atoms with Gasteiger partial charge in [0, 0.05) is 13.1 Å². The van der Waals surface area contributed by atoms with E-state index in [2.05, 4.69) is 22.0 Å². The van der Waals surface area contributed by atoms with E-state index in [1.54, 1.807) is 0 Å². The maximum absolute atomic E-state index is 5.66. The van der Waals surface area contributed by atoms with E-state index in [-0.39, 0.29) is 6.04 Å². The van der Waals surface area contributed by atoms with Crippen LogP contribution < -0.4 is 10.6 Å². The molecule has 0 spiro atoms. The van der Waals surface area contributed by atoms with E-state index in [0.29, 0.717) is 11.9 Å². The third kappa shape index (κ3) is 2.12. The zero-order valence-corrected chi connectivity index (χ0v) is 9.31. The minimum absolute atomic E-state index is 0.184. The third-order valence-electron chi connectivity index (χ3n) is 2.95. The standard InChI is InChI=1S/C10H18N4O/c1-3-8-4-5-14(6-8)10-13-12-9(15-10)7(2)11/h7-8H,3-6,11H2,1-2H3. The summed E-state index contributed by atoms with van der Waals surface area (Å²) in [5.74, 6) is 1.28. The lowest BCUT2D eigenvalue weighted by molar-refractivity contribution is 0.459. The van der Waals surface area contributed by atoms with Crippen molar-refractivity contribution in [3.8, 4) is 0 Å². The summed E-state index contributed by atoms with van der Waals surface area (Å²) in [6, 6.07) is 0.439. The van der Waals surface area contributed by atoms with Crippen LogP contribution in [0.3, 0.4) is 0 Å². The van der Waals surface area contributed by atoms with Crippen LogP contribution in [0.5, 0.6) is 0 Å². The summed E-state index contributed by atoms with van der Waals surface area (Å²) in [4.78, 5) is 2.15. The number of nitrogens with zero attached hydrogens (tertiary/aromatic N) is 3. The smallest absolute Gasteiger partial charge is 0.318 e. The van der Waals surface area contributed by atoms with Gasteiger partial charge in [-0.25, -0.2) is 0 Å². The van der Waals surface area contributed by atoms with Crippen molar-refractivity contribution in [2.24, 2.45) is 11.7 Å². The first-order valence-corrected chi connectivity index (χ1v) is 5.54. The van der Waals surface area contributed by atoms with Crippen molar-refractivity contribution in [2.75, 3.05) is 18.0 Å². The highest BCUT2D eigenvalue weighted by molar-refractivity contribution is 5.26. The number of anilines is 1. The Morgan fingerprint density at radius 2 is 2.40 bits per heavy atom. The molecule has 1 aliphatic rings. The Morgan fingerprint density at radius 1 is 1.60 bits per heavy atom. The molecule has 1 aromatic rings. The van der Waals surface area contributed by atoms with Gasteiger partial charge in [-0.05, 0) is 19.3 Å². The van der Waals surface area contributed by atoms with Crippen LogP contribution in [0.25, 0.3) is 0 Å². The molecule has 2 heterocycles. The lowest BCUT2D eigenvalue weighted by atomic mass is 10.1. The summed E-state index contributed by atoms with van der Waals surface area (Å²) in [5.41, 5.74) is 5.66. The molecule has 2 rings (SSSR count). The highest BCUT2D eigenvalue weighted by atomic mass is 16.4. The molecule has 0 aliphatic carbocycles. The SMILES string of the molecule is CCC1CCN(c2nnc(C(C)N)o2)C1. The lowest BCUT2D eigenvalue weighted by Gasteiger charge is -2.11. The Bertz CT molecular complexity index is 323. The monoisotopic (exact) mass is 210 g/mol. The summed E-state index contributed by atoms with van der Waals surface area (Å²) in [7, 11) is 0. The predicted octanol–water partition coefficient (Wildman–Crippen LogP) is 1.33. The first-order valence-electron chi connectivity index (χ1n) is 5.54. The van der Waals surface area contributed by atoms with Crippen molar-refractivity contribution < 1.29 is 4.42 Å². The largest absolute Gasteiger partial charge is 0.406 e. The molecule has 0 bridgehead atoms. The molecule has 1 fully saturated rings. The second-order valence-electron chi connectivity index (χ2n) is 4.22. The molecule has 1 saturated heterocycles. The van der Waals surface area contributed by atoms with E-state index in [9.17, 15) is 0 Å². The molecular formula is C10H18N4O. The normalized spacial score (nSPS) is 23.4. The molecule has 0 radical (unpaired) electrons. The summed E-state index contributed by atoms with van der Waals surface area (Å²) in [6.07, 6.45) is 2.43. The highest BCUT2D eigenvalue weighted by Gasteiger charge is 2.25. The Balaban J connectivity index is 2.04. The van der Waals surface area contributed by atoms with Crippen LogP contribution in [0, 0.1) is 5.92 Å². The molecule has 1 aromatic heterocycles. The molecule has 1 aliphatic heterocycles. The number of aromatic nitrogens is 2. The molecule has 5 nitrogen and oxygen atoms in total. The van der Waals surface area contributed by atoms with E-state index in [0.717, 1.165) is 19.0 Å². The molecule has 2 unspecified atom stereocenters. The molecular weight excluding hydrogens is 192 g/mol. The zero-order valence-electron chi connectivity index (χ0n) is 9.31. The fourth-order valence-electron chi connectivity index (χ4n) is 1.88. The predicted molar refractivity (Wildman–Crippen MR) is 57.5 cm³/mol. The van der Waals surface area contributed by atoms with Gasteiger partial charge < -0.3 is 15.1 Å². The summed E-state index contributed by atoms with van der Waals surface area (Å²) in [5, 5.41) is 7.95. The van der Waals surface area contributed by atoms with Gasteiger partial charge in [0.15, 0.2) is 0 Å². The van der Waals surface area contributed by atoms with Gasteiger partial charge in [0.25, 0.3) is 0 Å². The van der Waals surface area contributed by atoms with Gasteiger partial charge in [-0.2, -0.15) is 0 Å². The summed E-state index contributed by atoms with van der Waals surface area (Å²) in [6.45, 7) is 6.10. The van der Waals surface area contributed by atoms with E-state index in [4.69, 9.17) is 10.2 Å². The molecule has 0 saturated carbocycles. The van der Waals surface area contributed by atoms with Crippen LogP contribution in [0.1, 0.15) is 38.6 Å². The van der Waals surface area contributed by atoms with Crippen LogP contribution in [-0.4, -0.2) is 23.3 Å². The molecule has 15 heavy (non-hydrogen) atoms. The van der Waals surface area contributed by atoms with Crippen molar-refractivity contribution in [1.82, 2.24) is 10.2 Å². The quantitative estimate of drug-likeness (QED) is 0.815. The van der Waals surface area contributed by atoms with Crippen molar-refractivity contribution in [3.63, 3.8) is 0 Å². The third-order valence-corrected chi connectivity index (χ3v) is 2.95. The lowest BCUT2D eigenvalue weighted by Crippen LogP contribution is -2.19. The maximum Gasteiger partial charge on any atom is 0.318 e. The molecule has 0 amide bonds. The molecule has 2 N–H and O–H groups in total. The second kappa shape index (κ2) is 4.18. The second-order valence-corrected chi connectivity index (χ2v) is 4.22. The van der Waals surface area contributed by atoms with Gasteiger partial charge in [0.1, 0.15) is 0 Å². The fourth-order valence-corrected chi connectivity index (χ4v) is 1.88. The van der Waals surface area contributed by atoms with Crippen molar-refractivity contribution in [2.45, 2.75) is 32.7 Å². The number of nitrogens with two attached hydrogens (primary N) is 1. The van der Waals surface area contributed by atoms with Crippen molar-refractivity contribution in [3.05, 3.63) is 5.89 Å². The zero-order chi connectivity index (χ0) is 10.8. The summed E-state index contributed by atoms with van der Waals surface area (Å²) < 4.78 is 5.50. The topological polar surface area (TPSA) is 68.2 Å². The number of hydrogen-bond donors (Lipinski definition) is 1. The average molecular weight is 210 g/mol. The average Bonchev–Trinajstić information content (AvgIpc) is 2.86. The molecule has 84 valence electrons. The van der Waals surface area contributed by atoms with Crippen molar-refractivity contribution in [1.29, 1.82) is 0 Å². The first kappa shape index (κ1) is 10.4. The minimum atomic E-state index is -0.184.